The zero-order chi connectivity index (χ0) is 15.8. The van der Waals surface area contributed by atoms with E-state index in [1.165, 1.54) is 6.20 Å². The number of benzene rings is 1. The van der Waals surface area contributed by atoms with Crippen molar-refractivity contribution < 1.29 is 14.3 Å². The summed E-state index contributed by atoms with van der Waals surface area (Å²) in [7, 11) is 1.65. The number of aryl methyl sites for hydroxylation is 1. The third-order valence-electron chi connectivity index (χ3n) is 3.30. The van der Waals surface area contributed by atoms with E-state index < -0.39 is 0 Å². The number of unbranched alkanes of at least 4 members (excludes halogenated alkanes) is 1. The van der Waals surface area contributed by atoms with E-state index in [4.69, 9.17) is 9.47 Å². The molecule has 1 heterocycles. The number of nitrogens with zero attached hydrogens (tertiary/aromatic N) is 2. The van der Waals surface area contributed by atoms with Gasteiger partial charge in [-0.2, -0.15) is 5.10 Å². The SMILES string of the molecule is COCCCCOC(=O)CCn1ncc(=O)c2ccccc21. The first-order valence-corrected chi connectivity index (χ1v) is 7.32. The van der Waals surface area contributed by atoms with Crippen molar-refractivity contribution >= 4 is 16.9 Å². The third kappa shape index (κ3) is 4.39. The number of hydrogen-bond donors (Lipinski definition) is 0. The van der Waals surface area contributed by atoms with Crippen LogP contribution in [-0.2, 0) is 20.8 Å². The van der Waals surface area contributed by atoms with E-state index in [0.717, 1.165) is 18.4 Å². The lowest BCUT2D eigenvalue weighted by Crippen LogP contribution is -2.15. The van der Waals surface area contributed by atoms with Crippen LogP contribution in [0.5, 0.6) is 0 Å². The average Bonchev–Trinajstić information content (AvgIpc) is 2.54. The molecular formula is C16H20N2O4. The van der Waals surface area contributed by atoms with Gasteiger partial charge in [-0.1, -0.05) is 12.1 Å². The van der Waals surface area contributed by atoms with Gasteiger partial charge in [0.25, 0.3) is 0 Å². The second-order valence-corrected chi connectivity index (χ2v) is 4.92. The maximum atomic E-state index is 11.7. The molecule has 6 heteroatoms. The van der Waals surface area contributed by atoms with Gasteiger partial charge in [-0.3, -0.25) is 14.3 Å². The van der Waals surface area contributed by atoms with E-state index in [1.54, 1.807) is 17.9 Å². The molecule has 2 rings (SSSR count). The quantitative estimate of drug-likeness (QED) is 0.549. The van der Waals surface area contributed by atoms with Crippen molar-refractivity contribution in [2.24, 2.45) is 0 Å². The van der Waals surface area contributed by atoms with Gasteiger partial charge in [0, 0.05) is 19.1 Å². The fourth-order valence-corrected chi connectivity index (χ4v) is 2.14. The Balaban J connectivity index is 1.88. The highest BCUT2D eigenvalue weighted by atomic mass is 16.5. The van der Waals surface area contributed by atoms with Gasteiger partial charge in [0.2, 0.25) is 5.43 Å². The van der Waals surface area contributed by atoms with Crippen molar-refractivity contribution in [1.29, 1.82) is 0 Å². The monoisotopic (exact) mass is 304 g/mol. The van der Waals surface area contributed by atoms with Crippen LogP contribution in [0.2, 0.25) is 0 Å². The zero-order valence-corrected chi connectivity index (χ0v) is 12.7. The van der Waals surface area contributed by atoms with Crippen molar-refractivity contribution in [1.82, 2.24) is 9.78 Å². The minimum absolute atomic E-state index is 0.118. The van der Waals surface area contributed by atoms with E-state index in [-0.39, 0.29) is 17.8 Å². The van der Waals surface area contributed by atoms with Crippen LogP contribution < -0.4 is 5.43 Å². The molecule has 0 bridgehead atoms. The number of carbonyl (C=O) groups is 1. The molecule has 0 unspecified atom stereocenters. The van der Waals surface area contributed by atoms with Gasteiger partial charge in [0.05, 0.1) is 31.3 Å². The Bertz CT molecular complexity index is 681. The number of aromatic nitrogens is 2. The van der Waals surface area contributed by atoms with E-state index in [1.807, 2.05) is 18.2 Å². The number of esters is 1. The summed E-state index contributed by atoms with van der Waals surface area (Å²) in [5.41, 5.74) is 0.607. The molecule has 0 fully saturated rings. The molecule has 6 nitrogen and oxygen atoms in total. The van der Waals surface area contributed by atoms with Crippen molar-refractivity contribution in [2.75, 3.05) is 20.3 Å². The summed E-state index contributed by atoms with van der Waals surface area (Å²) in [6.07, 6.45) is 3.16. The molecule has 2 aromatic rings. The molecular weight excluding hydrogens is 284 g/mol. The molecule has 22 heavy (non-hydrogen) atoms. The number of ether oxygens (including phenoxy) is 2. The van der Waals surface area contributed by atoms with Gasteiger partial charge in [-0.05, 0) is 25.0 Å². The Hall–Kier alpha value is -2.21. The topological polar surface area (TPSA) is 70.4 Å². The lowest BCUT2D eigenvalue weighted by Gasteiger charge is -2.09. The molecule has 0 atom stereocenters. The van der Waals surface area contributed by atoms with Crippen LogP contribution in [0, 0.1) is 0 Å². The maximum Gasteiger partial charge on any atom is 0.307 e. The van der Waals surface area contributed by atoms with E-state index in [0.29, 0.717) is 25.1 Å². The van der Waals surface area contributed by atoms with Gasteiger partial charge in [0.1, 0.15) is 0 Å². The van der Waals surface area contributed by atoms with Crippen LogP contribution in [0.15, 0.2) is 35.3 Å². The maximum absolute atomic E-state index is 11.7. The number of hydrogen-bond acceptors (Lipinski definition) is 5. The summed E-state index contributed by atoms with van der Waals surface area (Å²) in [6.45, 7) is 1.46. The molecule has 0 N–H and O–H groups in total. The van der Waals surface area contributed by atoms with Crippen LogP contribution in [0.25, 0.3) is 10.9 Å². The third-order valence-corrected chi connectivity index (χ3v) is 3.30. The predicted molar refractivity (Wildman–Crippen MR) is 82.7 cm³/mol. The standard InChI is InChI=1S/C16H20N2O4/c1-21-10-4-5-11-22-16(20)8-9-18-14-7-3-2-6-13(14)15(19)12-17-18/h2-3,6-7,12H,4-5,8-11H2,1H3. The van der Waals surface area contributed by atoms with Crippen LogP contribution in [-0.4, -0.2) is 36.1 Å². The highest BCUT2D eigenvalue weighted by molar-refractivity contribution is 5.78. The Kier molecular flexibility index (Phi) is 6.09. The first kappa shape index (κ1) is 16.2. The summed E-state index contributed by atoms with van der Waals surface area (Å²) >= 11 is 0. The van der Waals surface area contributed by atoms with Gasteiger partial charge in [-0.25, -0.2) is 0 Å². The number of fused-ring (bicyclic) bond motifs is 1. The lowest BCUT2D eigenvalue weighted by atomic mass is 10.2. The minimum Gasteiger partial charge on any atom is -0.466 e. The number of methoxy groups -OCH3 is 1. The smallest absolute Gasteiger partial charge is 0.307 e. The largest absolute Gasteiger partial charge is 0.466 e. The van der Waals surface area contributed by atoms with Crippen molar-refractivity contribution in [3.63, 3.8) is 0 Å². The molecule has 0 radical (unpaired) electrons. The van der Waals surface area contributed by atoms with E-state index in [2.05, 4.69) is 5.10 Å². The van der Waals surface area contributed by atoms with E-state index >= 15 is 0 Å². The van der Waals surface area contributed by atoms with Crippen molar-refractivity contribution in [3.8, 4) is 0 Å². The Morgan fingerprint density at radius 2 is 2.00 bits per heavy atom. The second kappa shape index (κ2) is 8.29. The number of rotatable bonds is 8. The van der Waals surface area contributed by atoms with Crippen molar-refractivity contribution in [3.05, 3.63) is 40.7 Å². The van der Waals surface area contributed by atoms with Crippen LogP contribution >= 0.6 is 0 Å². The first-order valence-electron chi connectivity index (χ1n) is 7.32. The number of para-hydroxylation sites is 1. The average molecular weight is 304 g/mol. The fourth-order valence-electron chi connectivity index (χ4n) is 2.14. The Labute approximate surface area is 128 Å². The summed E-state index contributed by atoms with van der Waals surface area (Å²) in [6, 6.07) is 7.22. The van der Waals surface area contributed by atoms with Crippen LogP contribution in [0.4, 0.5) is 0 Å². The highest BCUT2D eigenvalue weighted by Gasteiger charge is 2.07. The summed E-state index contributed by atoms with van der Waals surface area (Å²) < 4.78 is 11.7. The molecule has 1 aromatic carbocycles. The van der Waals surface area contributed by atoms with Gasteiger partial charge in [0.15, 0.2) is 0 Å². The van der Waals surface area contributed by atoms with Crippen LogP contribution in [0.3, 0.4) is 0 Å². The number of carbonyl (C=O) groups excluding carboxylic acids is 1. The second-order valence-electron chi connectivity index (χ2n) is 4.92. The molecule has 0 spiro atoms. The van der Waals surface area contributed by atoms with Crippen LogP contribution in [0.1, 0.15) is 19.3 Å². The summed E-state index contributed by atoms with van der Waals surface area (Å²) in [5, 5.41) is 4.68. The van der Waals surface area contributed by atoms with Gasteiger partial charge >= 0.3 is 5.97 Å². The molecule has 0 saturated carbocycles. The molecule has 118 valence electrons. The molecule has 0 aliphatic heterocycles. The summed E-state index contributed by atoms with van der Waals surface area (Å²) in [5.74, 6) is -0.262. The van der Waals surface area contributed by atoms with Gasteiger partial charge < -0.3 is 9.47 Å². The molecule has 0 saturated heterocycles. The lowest BCUT2D eigenvalue weighted by molar-refractivity contribution is -0.144. The minimum atomic E-state index is -0.262. The zero-order valence-electron chi connectivity index (χ0n) is 12.7. The summed E-state index contributed by atoms with van der Waals surface area (Å²) in [4.78, 5) is 23.4. The van der Waals surface area contributed by atoms with E-state index in [9.17, 15) is 9.59 Å². The van der Waals surface area contributed by atoms with Gasteiger partial charge in [-0.15, -0.1) is 0 Å². The van der Waals surface area contributed by atoms with Crippen molar-refractivity contribution in [2.45, 2.75) is 25.8 Å². The Morgan fingerprint density at radius 1 is 1.23 bits per heavy atom. The Morgan fingerprint density at radius 3 is 2.82 bits per heavy atom. The normalized spacial score (nSPS) is 10.8. The molecule has 1 aromatic heterocycles. The highest BCUT2D eigenvalue weighted by Crippen LogP contribution is 2.08. The molecule has 0 amide bonds. The predicted octanol–water partition coefficient (Wildman–Crippen LogP) is 1.76. The molecule has 0 aliphatic rings. The fraction of sp³-hybridized carbons (Fsp3) is 0.438. The first-order chi connectivity index (χ1) is 10.7. The molecule has 0 aliphatic carbocycles.